The summed E-state index contributed by atoms with van der Waals surface area (Å²) < 4.78 is 50.2. The summed E-state index contributed by atoms with van der Waals surface area (Å²) in [6.45, 7) is 3.99. The number of amides is 1. The molecule has 0 radical (unpaired) electrons. The van der Waals surface area contributed by atoms with Crippen molar-refractivity contribution in [3.8, 4) is 0 Å². The highest BCUT2D eigenvalue weighted by atomic mass is 32.2. The second kappa shape index (κ2) is 8.76. The number of carbonyl (C=O) groups excluding carboxylic acids is 1. The lowest BCUT2D eigenvalue weighted by Gasteiger charge is -2.40. The first kappa shape index (κ1) is 20.4. The highest BCUT2D eigenvalue weighted by molar-refractivity contribution is 7.80. The largest absolute Gasteiger partial charge is 0.755 e. The standard InChI is InChI=1S/C19H21F2N3O3S/c1-13-11-23(12-14-8-16(20)10-17(21)9-14)6-7-24(13)19(25)15-2-4-18(5-3-15)22-28(26)27/h2-5,8-10,13,22H,6-7,11-12H2,1H3,(H,26,27)/p-1/t13-/m1/s1. The van der Waals surface area contributed by atoms with Gasteiger partial charge in [-0.1, -0.05) is 0 Å². The molecule has 150 valence electrons. The van der Waals surface area contributed by atoms with Crippen LogP contribution in [-0.2, 0) is 17.8 Å². The Morgan fingerprint density at radius 3 is 2.39 bits per heavy atom. The van der Waals surface area contributed by atoms with Crippen LogP contribution in [0.4, 0.5) is 14.5 Å². The van der Waals surface area contributed by atoms with Crippen molar-refractivity contribution in [3.05, 3.63) is 65.2 Å². The molecule has 28 heavy (non-hydrogen) atoms. The monoisotopic (exact) mass is 408 g/mol. The Labute approximate surface area is 164 Å². The van der Waals surface area contributed by atoms with Crippen molar-refractivity contribution in [1.82, 2.24) is 9.80 Å². The first-order chi connectivity index (χ1) is 13.3. The minimum atomic E-state index is -2.42. The molecule has 9 heteroatoms. The van der Waals surface area contributed by atoms with E-state index < -0.39 is 22.9 Å². The Bertz CT molecular complexity index is 859. The molecule has 1 fully saturated rings. The predicted molar refractivity (Wildman–Crippen MR) is 101 cm³/mol. The summed E-state index contributed by atoms with van der Waals surface area (Å²) in [5.41, 5.74) is 1.41. The van der Waals surface area contributed by atoms with E-state index in [4.69, 9.17) is 0 Å². The van der Waals surface area contributed by atoms with Crippen LogP contribution in [0.2, 0.25) is 0 Å². The van der Waals surface area contributed by atoms with Gasteiger partial charge in [-0.3, -0.25) is 13.9 Å². The summed E-state index contributed by atoms with van der Waals surface area (Å²) in [5, 5.41) is 0. The van der Waals surface area contributed by atoms with Crippen LogP contribution in [0, 0.1) is 11.6 Å². The van der Waals surface area contributed by atoms with Gasteiger partial charge in [0.05, 0.1) is 0 Å². The van der Waals surface area contributed by atoms with Crippen LogP contribution in [0.5, 0.6) is 0 Å². The van der Waals surface area contributed by atoms with Crippen LogP contribution in [0.3, 0.4) is 0 Å². The Morgan fingerprint density at radius 2 is 1.82 bits per heavy atom. The minimum Gasteiger partial charge on any atom is -0.755 e. The second-order valence-electron chi connectivity index (χ2n) is 6.77. The first-order valence-electron chi connectivity index (χ1n) is 8.76. The maximum Gasteiger partial charge on any atom is 0.254 e. The lowest BCUT2D eigenvalue weighted by Crippen LogP contribution is -2.53. The second-order valence-corrected chi connectivity index (χ2v) is 7.45. The number of anilines is 1. The van der Waals surface area contributed by atoms with Gasteiger partial charge in [-0.05, 0) is 48.9 Å². The number of carbonyl (C=O) groups is 1. The van der Waals surface area contributed by atoms with E-state index in [0.29, 0.717) is 43.0 Å². The summed E-state index contributed by atoms with van der Waals surface area (Å²) in [6.07, 6.45) is 0. The van der Waals surface area contributed by atoms with Gasteiger partial charge in [0, 0.05) is 60.8 Å². The molecular formula is C19H20F2N3O3S-. The molecule has 6 nitrogen and oxygen atoms in total. The van der Waals surface area contributed by atoms with Crippen molar-refractivity contribution in [2.75, 3.05) is 24.4 Å². The normalized spacial score (nSPS) is 18.7. The van der Waals surface area contributed by atoms with Crippen molar-refractivity contribution in [1.29, 1.82) is 0 Å². The van der Waals surface area contributed by atoms with Gasteiger partial charge in [-0.25, -0.2) is 8.78 Å². The molecule has 2 aromatic carbocycles. The summed E-state index contributed by atoms with van der Waals surface area (Å²) in [4.78, 5) is 16.6. The molecule has 2 aromatic rings. The Hall–Kier alpha value is -2.36. The van der Waals surface area contributed by atoms with Gasteiger partial charge in [0.1, 0.15) is 11.6 Å². The molecule has 0 spiro atoms. The summed E-state index contributed by atoms with van der Waals surface area (Å²) >= 11 is -2.42. The third-order valence-corrected chi connectivity index (χ3v) is 5.04. The van der Waals surface area contributed by atoms with Gasteiger partial charge >= 0.3 is 0 Å². The lowest BCUT2D eigenvalue weighted by atomic mass is 10.1. The molecule has 0 bridgehead atoms. The highest BCUT2D eigenvalue weighted by Crippen LogP contribution is 2.18. The van der Waals surface area contributed by atoms with Crippen molar-refractivity contribution in [2.24, 2.45) is 0 Å². The molecule has 1 unspecified atom stereocenters. The molecule has 0 aliphatic carbocycles. The van der Waals surface area contributed by atoms with E-state index >= 15 is 0 Å². The molecule has 1 heterocycles. The highest BCUT2D eigenvalue weighted by Gasteiger charge is 2.28. The van der Waals surface area contributed by atoms with E-state index in [0.717, 1.165) is 6.07 Å². The predicted octanol–water partition coefficient (Wildman–Crippen LogP) is 2.52. The number of nitrogens with zero attached hydrogens (tertiary/aromatic N) is 2. The molecule has 1 amide bonds. The Balaban J connectivity index is 1.61. The average molecular weight is 408 g/mol. The third-order valence-electron chi connectivity index (χ3n) is 4.63. The maximum absolute atomic E-state index is 13.4. The Morgan fingerprint density at radius 1 is 1.18 bits per heavy atom. The van der Waals surface area contributed by atoms with Gasteiger partial charge in [-0.15, -0.1) is 0 Å². The van der Waals surface area contributed by atoms with Crippen LogP contribution in [0.25, 0.3) is 0 Å². The fraction of sp³-hybridized carbons (Fsp3) is 0.316. The quantitative estimate of drug-likeness (QED) is 0.772. The molecule has 1 saturated heterocycles. The zero-order valence-electron chi connectivity index (χ0n) is 15.2. The fourth-order valence-electron chi connectivity index (χ4n) is 3.38. The van der Waals surface area contributed by atoms with Crippen LogP contribution >= 0.6 is 0 Å². The van der Waals surface area contributed by atoms with Crippen molar-refractivity contribution in [3.63, 3.8) is 0 Å². The van der Waals surface area contributed by atoms with Gasteiger partial charge in [0.25, 0.3) is 5.91 Å². The van der Waals surface area contributed by atoms with E-state index in [2.05, 4.69) is 9.62 Å². The van der Waals surface area contributed by atoms with Crippen LogP contribution in [0.15, 0.2) is 42.5 Å². The van der Waals surface area contributed by atoms with Crippen LogP contribution in [0.1, 0.15) is 22.8 Å². The number of rotatable bonds is 5. The van der Waals surface area contributed by atoms with Gasteiger partial charge in [0.15, 0.2) is 0 Å². The summed E-state index contributed by atoms with van der Waals surface area (Å²) in [7, 11) is 0. The number of hydrogen-bond acceptors (Lipinski definition) is 4. The van der Waals surface area contributed by atoms with E-state index in [1.54, 1.807) is 17.0 Å². The van der Waals surface area contributed by atoms with Crippen LogP contribution in [-0.4, -0.2) is 50.1 Å². The van der Waals surface area contributed by atoms with E-state index in [9.17, 15) is 22.3 Å². The molecule has 3 rings (SSSR count). The van der Waals surface area contributed by atoms with Crippen LogP contribution < -0.4 is 4.72 Å². The topological polar surface area (TPSA) is 75.7 Å². The van der Waals surface area contributed by atoms with E-state index in [-0.39, 0.29) is 11.9 Å². The summed E-state index contributed by atoms with van der Waals surface area (Å²) in [5.74, 6) is -1.34. The van der Waals surface area contributed by atoms with Crippen molar-refractivity contribution in [2.45, 2.75) is 19.5 Å². The SMILES string of the molecule is C[C@@H]1CN(Cc2cc(F)cc(F)c2)CCN1C(=O)c1ccc(NS(=O)[O-])cc1. The van der Waals surface area contributed by atoms with Gasteiger partial charge in [0.2, 0.25) is 0 Å². The van der Waals surface area contributed by atoms with Gasteiger partial charge in [-0.2, -0.15) is 0 Å². The number of halogens is 2. The molecule has 0 saturated carbocycles. The van der Waals surface area contributed by atoms with Crippen molar-refractivity contribution < 1.29 is 22.3 Å². The minimum absolute atomic E-state index is 0.0772. The fourth-order valence-corrected chi connectivity index (χ4v) is 3.71. The van der Waals surface area contributed by atoms with E-state index in [1.165, 1.54) is 24.3 Å². The third kappa shape index (κ3) is 5.12. The number of benzene rings is 2. The maximum atomic E-state index is 13.4. The zero-order valence-corrected chi connectivity index (χ0v) is 16.0. The lowest BCUT2D eigenvalue weighted by molar-refractivity contribution is 0.0475. The molecular weight excluding hydrogens is 388 g/mol. The number of hydrogen-bond donors (Lipinski definition) is 1. The van der Waals surface area contributed by atoms with Gasteiger partial charge < -0.3 is 14.2 Å². The van der Waals surface area contributed by atoms with E-state index in [1.807, 2.05) is 6.92 Å². The molecule has 1 N–H and O–H groups in total. The number of piperazine rings is 1. The molecule has 1 aliphatic heterocycles. The van der Waals surface area contributed by atoms with Crippen molar-refractivity contribution >= 4 is 22.9 Å². The summed E-state index contributed by atoms with van der Waals surface area (Å²) in [6, 6.07) is 9.61. The molecule has 2 atom stereocenters. The average Bonchev–Trinajstić information content (AvgIpc) is 2.60. The zero-order chi connectivity index (χ0) is 20.3. The number of nitrogens with one attached hydrogen (secondary N) is 1. The molecule has 0 aromatic heterocycles. The smallest absolute Gasteiger partial charge is 0.254 e. The Kier molecular flexibility index (Phi) is 6.38. The molecule has 1 aliphatic rings. The first-order valence-corrected chi connectivity index (χ1v) is 9.83.